The number of anilines is 2. The van der Waals surface area contributed by atoms with Crippen LogP contribution in [0.4, 0.5) is 11.4 Å². The average Bonchev–Trinajstić information content (AvgIpc) is 2.91. The minimum Gasteiger partial charge on any atom is -0.382 e. The first-order chi connectivity index (χ1) is 10.2. The number of rotatable bonds is 3. The molecule has 4 heteroatoms. The van der Waals surface area contributed by atoms with E-state index in [1.165, 1.54) is 11.3 Å². The van der Waals surface area contributed by atoms with E-state index in [9.17, 15) is 4.79 Å². The first-order valence-corrected chi connectivity index (χ1v) is 7.87. The average molecular weight is 288 g/mol. The van der Waals surface area contributed by atoms with Gasteiger partial charge in [0, 0.05) is 38.0 Å². The molecule has 1 fully saturated rings. The maximum Gasteiger partial charge on any atom is 0.223 e. The summed E-state index contributed by atoms with van der Waals surface area (Å²) in [6.45, 7) is 2.45. The molecule has 0 atom stereocenters. The van der Waals surface area contributed by atoms with E-state index in [4.69, 9.17) is 4.74 Å². The Bertz CT molecular complexity index is 522. The van der Waals surface area contributed by atoms with Crippen LogP contribution in [0.1, 0.15) is 38.2 Å². The number of methoxy groups -OCH3 is 1. The Morgan fingerprint density at radius 1 is 1.29 bits per heavy atom. The highest BCUT2D eigenvalue weighted by Crippen LogP contribution is 2.31. The second-order valence-electron chi connectivity index (χ2n) is 6.12. The summed E-state index contributed by atoms with van der Waals surface area (Å²) < 4.78 is 5.42. The molecule has 0 saturated heterocycles. The molecular weight excluding hydrogens is 264 g/mol. The van der Waals surface area contributed by atoms with E-state index >= 15 is 0 Å². The minimum absolute atomic E-state index is 0.132. The predicted molar refractivity (Wildman–Crippen MR) is 84.8 cm³/mol. The number of ether oxygens (including phenoxy) is 1. The second kappa shape index (κ2) is 6.06. The molecule has 4 nitrogen and oxygen atoms in total. The van der Waals surface area contributed by atoms with Crippen molar-refractivity contribution in [2.75, 3.05) is 23.9 Å². The van der Waals surface area contributed by atoms with Gasteiger partial charge in [-0.3, -0.25) is 4.79 Å². The van der Waals surface area contributed by atoms with Crippen molar-refractivity contribution in [2.45, 2.75) is 51.2 Å². The van der Waals surface area contributed by atoms with Crippen molar-refractivity contribution in [3.63, 3.8) is 0 Å². The Hall–Kier alpha value is -1.55. The summed E-state index contributed by atoms with van der Waals surface area (Å²) in [4.78, 5) is 13.4. The van der Waals surface area contributed by atoms with Crippen molar-refractivity contribution in [3.05, 3.63) is 23.8 Å². The molecule has 21 heavy (non-hydrogen) atoms. The Morgan fingerprint density at radius 2 is 2.05 bits per heavy atom. The van der Waals surface area contributed by atoms with Crippen LogP contribution >= 0.6 is 0 Å². The van der Waals surface area contributed by atoms with Crippen LogP contribution in [0.5, 0.6) is 0 Å². The lowest BCUT2D eigenvalue weighted by Crippen LogP contribution is -2.29. The smallest absolute Gasteiger partial charge is 0.223 e. The lowest BCUT2D eigenvalue weighted by molar-refractivity contribution is -0.116. The third-order valence-electron chi connectivity index (χ3n) is 4.73. The third kappa shape index (κ3) is 3.05. The molecule has 1 aliphatic carbocycles. The van der Waals surface area contributed by atoms with Gasteiger partial charge in [0.05, 0.1) is 6.10 Å². The fourth-order valence-electron chi connectivity index (χ4n) is 3.50. The molecule has 1 aromatic rings. The quantitative estimate of drug-likeness (QED) is 0.929. The SMILES string of the molecule is COC1CCC(Nc2ccc3c(c2)CCN3C(C)=O)CC1. The van der Waals surface area contributed by atoms with Crippen LogP contribution in [0, 0.1) is 0 Å². The summed E-state index contributed by atoms with van der Waals surface area (Å²) in [6.07, 6.45) is 5.99. The van der Waals surface area contributed by atoms with E-state index < -0.39 is 0 Å². The zero-order valence-corrected chi connectivity index (χ0v) is 12.9. The Labute approximate surface area is 126 Å². The molecule has 2 aliphatic rings. The van der Waals surface area contributed by atoms with Gasteiger partial charge in [-0.05, 0) is 55.9 Å². The molecule has 0 spiro atoms. The van der Waals surface area contributed by atoms with Crippen molar-refractivity contribution in [3.8, 4) is 0 Å². The van der Waals surface area contributed by atoms with Gasteiger partial charge >= 0.3 is 0 Å². The molecule has 0 bridgehead atoms. The van der Waals surface area contributed by atoms with Gasteiger partial charge in [-0.25, -0.2) is 0 Å². The van der Waals surface area contributed by atoms with Crippen molar-refractivity contribution >= 4 is 17.3 Å². The number of hydrogen-bond acceptors (Lipinski definition) is 3. The summed E-state index contributed by atoms with van der Waals surface area (Å²) in [7, 11) is 1.81. The zero-order valence-electron chi connectivity index (χ0n) is 12.9. The molecule has 0 radical (unpaired) electrons. The molecule has 1 saturated carbocycles. The summed E-state index contributed by atoms with van der Waals surface area (Å²) in [5.41, 5.74) is 3.54. The highest BCUT2D eigenvalue weighted by molar-refractivity contribution is 5.94. The number of carbonyl (C=O) groups excluding carboxylic acids is 1. The Kier molecular flexibility index (Phi) is 4.15. The lowest BCUT2D eigenvalue weighted by Gasteiger charge is -2.29. The normalized spacial score (nSPS) is 24.8. The second-order valence-corrected chi connectivity index (χ2v) is 6.12. The van der Waals surface area contributed by atoms with Crippen LogP contribution < -0.4 is 10.2 Å². The monoisotopic (exact) mass is 288 g/mol. The van der Waals surface area contributed by atoms with Crippen LogP contribution in [0.25, 0.3) is 0 Å². The number of nitrogens with one attached hydrogen (secondary N) is 1. The zero-order chi connectivity index (χ0) is 14.8. The first-order valence-electron chi connectivity index (χ1n) is 7.87. The summed E-state index contributed by atoms with van der Waals surface area (Å²) >= 11 is 0. The highest BCUT2D eigenvalue weighted by Gasteiger charge is 2.24. The fraction of sp³-hybridized carbons (Fsp3) is 0.588. The summed E-state index contributed by atoms with van der Waals surface area (Å²) in [6, 6.07) is 6.93. The third-order valence-corrected chi connectivity index (χ3v) is 4.73. The van der Waals surface area contributed by atoms with Gasteiger partial charge in [-0.15, -0.1) is 0 Å². The standard InChI is InChI=1S/C17H24N2O2/c1-12(20)19-10-9-13-11-15(5-8-17(13)19)18-14-3-6-16(21-2)7-4-14/h5,8,11,14,16,18H,3-4,6-7,9-10H2,1-2H3. The predicted octanol–water partition coefficient (Wildman–Crippen LogP) is 2.97. The number of fused-ring (bicyclic) bond motifs is 1. The van der Waals surface area contributed by atoms with Gasteiger partial charge in [0.15, 0.2) is 0 Å². The molecule has 0 unspecified atom stereocenters. The van der Waals surface area contributed by atoms with Crippen molar-refractivity contribution in [2.24, 2.45) is 0 Å². The van der Waals surface area contributed by atoms with Gasteiger partial charge in [0.2, 0.25) is 5.91 Å². The van der Waals surface area contributed by atoms with Crippen molar-refractivity contribution in [1.82, 2.24) is 0 Å². The van der Waals surface area contributed by atoms with Crippen molar-refractivity contribution < 1.29 is 9.53 Å². The number of hydrogen-bond donors (Lipinski definition) is 1. The number of benzene rings is 1. The first kappa shape index (κ1) is 14.4. The maximum absolute atomic E-state index is 11.6. The van der Waals surface area contributed by atoms with E-state index in [0.29, 0.717) is 12.1 Å². The maximum atomic E-state index is 11.6. The molecule has 0 aromatic heterocycles. The van der Waals surface area contributed by atoms with Gasteiger partial charge in [-0.1, -0.05) is 0 Å². The number of carbonyl (C=O) groups is 1. The fourth-order valence-corrected chi connectivity index (χ4v) is 3.50. The van der Waals surface area contributed by atoms with Crippen LogP contribution in [0.15, 0.2) is 18.2 Å². The molecule has 1 aliphatic heterocycles. The van der Waals surface area contributed by atoms with E-state index in [-0.39, 0.29) is 5.91 Å². The number of nitrogens with zero attached hydrogens (tertiary/aromatic N) is 1. The van der Waals surface area contributed by atoms with E-state index in [1.807, 2.05) is 4.90 Å². The van der Waals surface area contributed by atoms with Crippen molar-refractivity contribution in [1.29, 1.82) is 0 Å². The molecule has 1 N–H and O–H groups in total. The Morgan fingerprint density at radius 3 is 2.71 bits per heavy atom. The topological polar surface area (TPSA) is 41.6 Å². The number of amides is 1. The highest BCUT2D eigenvalue weighted by atomic mass is 16.5. The van der Waals surface area contributed by atoms with E-state index in [2.05, 4.69) is 23.5 Å². The van der Waals surface area contributed by atoms with Crippen LogP contribution in [-0.4, -0.2) is 31.7 Å². The Balaban J connectivity index is 1.64. The summed E-state index contributed by atoms with van der Waals surface area (Å²) in [5.74, 6) is 0.132. The van der Waals surface area contributed by atoms with Gasteiger partial charge < -0.3 is 15.0 Å². The molecule has 1 heterocycles. The van der Waals surface area contributed by atoms with Crippen LogP contribution in [0.3, 0.4) is 0 Å². The molecule has 114 valence electrons. The molecular formula is C17H24N2O2. The van der Waals surface area contributed by atoms with Gasteiger partial charge in [0.25, 0.3) is 0 Å². The summed E-state index contributed by atoms with van der Waals surface area (Å²) in [5, 5.41) is 3.64. The lowest BCUT2D eigenvalue weighted by atomic mass is 9.92. The van der Waals surface area contributed by atoms with Crippen LogP contribution in [-0.2, 0) is 16.0 Å². The van der Waals surface area contributed by atoms with Gasteiger partial charge in [-0.2, -0.15) is 0 Å². The minimum atomic E-state index is 0.132. The largest absolute Gasteiger partial charge is 0.382 e. The van der Waals surface area contributed by atoms with Crippen LogP contribution in [0.2, 0.25) is 0 Å². The molecule has 1 aromatic carbocycles. The van der Waals surface area contributed by atoms with E-state index in [1.54, 1.807) is 14.0 Å². The molecule has 3 rings (SSSR count). The van der Waals surface area contributed by atoms with E-state index in [0.717, 1.165) is 44.3 Å². The van der Waals surface area contributed by atoms with Gasteiger partial charge in [0.1, 0.15) is 0 Å². The molecule has 1 amide bonds.